The van der Waals surface area contributed by atoms with Crippen molar-refractivity contribution in [1.29, 1.82) is 0 Å². The van der Waals surface area contributed by atoms with Crippen LogP contribution in [0, 0.1) is 0 Å². The highest BCUT2D eigenvalue weighted by atomic mass is 32.1. The molecule has 0 saturated heterocycles. The van der Waals surface area contributed by atoms with Gasteiger partial charge in [-0.05, 0) is 24.3 Å². The molecule has 0 spiro atoms. The highest BCUT2D eigenvalue weighted by Gasteiger charge is 2.32. The number of alkyl halides is 2. The topological polar surface area (TPSA) is 29.3 Å². The molecule has 0 aliphatic carbocycles. The lowest BCUT2D eigenvalue weighted by molar-refractivity contribution is 0.00500. The molecule has 0 heterocycles. The molecule has 2 aromatic rings. The number of thiocarbonyl (C=S) groups is 1. The van der Waals surface area contributed by atoms with Crippen LogP contribution in [0.3, 0.4) is 0 Å². The first-order chi connectivity index (χ1) is 9.90. The van der Waals surface area contributed by atoms with Crippen molar-refractivity contribution in [3.8, 4) is 0 Å². The van der Waals surface area contributed by atoms with E-state index in [1.165, 1.54) is 17.0 Å². The van der Waals surface area contributed by atoms with Gasteiger partial charge in [0.25, 0.3) is 5.92 Å². The predicted molar refractivity (Wildman–Crippen MR) is 85.9 cm³/mol. The Balaban J connectivity index is 2.13. The lowest BCUT2D eigenvalue weighted by Crippen LogP contribution is -2.32. The predicted octanol–water partition coefficient (Wildman–Crippen LogP) is 3.55. The van der Waals surface area contributed by atoms with Crippen LogP contribution < -0.4 is 10.6 Å². The molecule has 2 aromatic carbocycles. The maximum absolute atomic E-state index is 14.2. The number of likely N-dealkylation sites (N-methyl/N-ethyl adjacent to an activating group) is 1. The van der Waals surface area contributed by atoms with Gasteiger partial charge < -0.3 is 10.6 Å². The first kappa shape index (κ1) is 15.4. The highest BCUT2D eigenvalue weighted by molar-refractivity contribution is 7.80. The maximum Gasteiger partial charge on any atom is 0.290 e. The largest absolute Gasteiger partial charge is 0.389 e. The number of rotatable bonds is 5. The third-order valence-corrected chi connectivity index (χ3v) is 3.46. The van der Waals surface area contributed by atoms with Crippen LogP contribution >= 0.6 is 12.2 Å². The summed E-state index contributed by atoms with van der Waals surface area (Å²) in [6, 6.07) is 14.7. The van der Waals surface area contributed by atoms with Crippen LogP contribution in [-0.2, 0) is 5.92 Å². The van der Waals surface area contributed by atoms with Gasteiger partial charge in [0, 0.05) is 23.9 Å². The van der Waals surface area contributed by atoms with Crippen molar-refractivity contribution in [3.63, 3.8) is 0 Å². The molecule has 0 saturated carbocycles. The van der Waals surface area contributed by atoms with E-state index in [9.17, 15) is 8.78 Å². The first-order valence-electron chi connectivity index (χ1n) is 6.44. The summed E-state index contributed by atoms with van der Waals surface area (Å²) in [7, 11) is 1.63. The number of nitrogens with zero attached hydrogens (tertiary/aromatic N) is 1. The Kier molecular flexibility index (Phi) is 4.53. The Morgan fingerprint density at radius 3 is 2.19 bits per heavy atom. The molecule has 0 amide bonds. The van der Waals surface area contributed by atoms with Crippen molar-refractivity contribution >= 4 is 22.9 Å². The molecule has 0 aliphatic rings. The minimum Gasteiger partial charge on any atom is -0.389 e. The molecule has 0 aromatic heterocycles. The van der Waals surface area contributed by atoms with Gasteiger partial charge in [-0.25, -0.2) is 0 Å². The molecule has 2 rings (SSSR count). The molecule has 0 unspecified atom stereocenters. The summed E-state index contributed by atoms with van der Waals surface area (Å²) in [5.41, 5.74) is 6.93. The van der Waals surface area contributed by atoms with Crippen LogP contribution in [0.15, 0.2) is 54.6 Å². The van der Waals surface area contributed by atoms with E-state index >= 15 is 0 Å². The first-order valence-corrected chi connectivity index (χ1v) is 6.85. The number of anilines is 1. The minimum atomic E-state index is -2.92. The lowest BCUT2D eigenvalue weighted by atomic mass is 10.1. The van der Waals surface area contributed by atoms with Crippen LogP contribution in [0.4, 0.5) is 14.5 Å². The van der Waals surface area contributed by atoms with Gasteiger partial charge in [-0.2, -0.15) is 8.78 Å². The van der Waals surface area contributed by atoms with Gasteiger partial charge in [0.15, 0.2) is 0 Å². The Labute approximate surface area is 128 Å². The van der Waals surface area contributed by atoms with E-state index < -0.39 is 12.5 Å². The highest BCUT2D eigenvalue weighted by Crippen LogP contribution is 2.30. The second kappa shape index (κ2) is 6.18. The Morgan fingerprint density at radius 1 is 1.10 bits per heavy atom. The molecule has 0 fully saturated rings. The lowest BCUT2D eigenvalue weighted by Gasteiger charge is -2.26. The van der Waals surface area contributed by atoms with Crippen LogP contribution in [-0.4, -0.2) is 18.6 Å². The molecule has 2 N–H and O–H groups in total. The van der Waals surface area contributed by atoms with Gasteiger partial charge >= 0.3 is 0 Å². The summed E-state index contributed by atoms with van der Waals surface area (Å²) in [6.07, 6.45) is 0. The molecular formula is C16H16F2N2S. The molecular weight excluding hydrogens is 290 g/mol. The summed E-state index contributed by atoms with van der Waals surface area (Å²) < 4.78 is 28.4. The SMILES string of the molecule is CN(CC(F)(F)c1ccccc1)c1ccc(C(N)=S)cc1. The van der Waals surface area contributed by atoms with Crippen molar-refractivity contribution < 1.29 is 8.78 Å². The minimum absolute atomic E-state index is 0.0107. The van der Waals surface area contributed by atoms with Gasteiger partial charge in [0.2, 0.25) is 0 Å². The Morgan fingerprint density at radius 2 is 1.67 bits per heavy atom. The van der Waals surface area contributed by atoms with E-state index in [4.69, 9.17) is 18.0 Å². The second-order valence-corrected chi connectivity index (χ2v) is 5.28. The van der Waals surface area contributed by atoms with Crippen LogP contribution in [0.25, 0.3) is 0 Å². The van der Waals surface area contributed by atoms with Crippen molar-refractivity contribution in [2.75, 3.05) is 18.5 Å². The van der Waals surface area contributed by atoms with Crippen LogP contribution in [0.1, 0.15) is 11.1 Å². The zero-order valence-corrected chi connectivity index (χ0v) is 12.4. The quantitative estimate of drug-likeness (QED) is 0.857. The van der Waals surface area contributed by atoms with Gasteiger partial charge in [-0.1, -0.05) is 42.5 Å². The average molecular weight is 306 g/mol. The van der Waals surface area contributed by atoms with Gasteiger partial charge in [0.1, 0.15) is 4.99 Å². The summed E-state index contributed by atoms with van der Waals surface area (Å²) >= 11 is 4.87. The molecule has 0 atom stereocenters. The third-order valence-electron chi connectivity index (χ3n) is 3.22. The third kappa shape index (κ3) is 3.76. The maximum atomic E-state index is 14.2. The van der Waals surface area contributed by atoms with E-state index in [-0.39, 0.29) is 5.56 Å². The normalized spacial score (nSPS) is 11.2. The molecule has 5 heteroatoms. The molecule has 2 nitrogen and oxygen atoms in total. The number of nitrogens with two attached hydrogens (primary N) is 1. The van der Waals surface area contributed by atoms with E-state index in [2.05, 4.69) is 0 Å². The molecule has 110 valence electrons. The Bertz CT molecular complexity index is 612. The average Bonchev–Trinajstić information content (AvgIpc) is 2.48. The number of halogens is 2. The van der Waals surface area contributed by atoms with Gasteiger partial charge in [0.05, 0.1) is 6.54 Å². The smallest absolute Gasteiger partial charge is 0.290 e. The monoisotopic (exact) mass is 306 g/mol. The number of hydrogen-bond acceptors (Lipinski definition) is 2. The fraction of sp³-hybridized carbons (Fsp3) is 0.188. The molecule has 0 radical (unpaired) electrons. The number of benzene rings is 2. The zero-order chi connectivity index (χ0) is 15.5. The van der Waals surface area contributed by atoms with E-state index in [1.54, 1.807) is 49.5 Å². The van der Waals surface area contributed by atoms with Gasteiger partial charge in [-0.3, -0.25) is 0 Å². The van der Waals surface area contributed by atoms with E-state index in [0.29, 0.717) is 10.7 Å². The van der Waals surface area contributed by atoms with Crippen molar-refractivity contribution in [1.82, 2.24) is 0 Å². The summed E-state index contributed by atoms with van der Waals surface area (Å²) in [4.78, 5) is 1.80. The Hall–Kier alpha value is -2.01. The van der Waals surface area contributed by atoms with E-state index in [0.717, 1.165) is 5.56 Å². The summed E-state index contributed by atoms with van der Waals surface area (Å²) in [5, 5.41) is 0. The second-order valence-electron chi connectivity index (χ2n) is 4.84. The standard InChI is InChI=1S/C16H16F2N2S/c1-20(14-9-7-12(8-10-14)15(19)21)11-16(17,18)13-5-3-2-4-6-13/h2-10H,11H2,1H3,(H2,19,21). The number of hydrogen-bond donors (Lipinski definition) is 1. The van der Waals surface area contributed by atoms with Crippen molar-refractivity contribution in [2.45, 2.75) is 5.92 Å². The molecule has 0 aliphatic heterocycles. The fourth-order valence-corrected chi connectivity index (χ4v) is 2.18. The molecule has 21 heavy (non-hydrogen) atoms. The van der Waals surface area contributed by atoms with Crippen LogP contribution in [0.5, 0.6) is 0 Å². The van der Waals surface area contributed by atoms with Crippen molar-refractivity contribution in [3.05, 3.63) is 65.7 Å². The molecule has 0 bridgehead atoms. The van der Waals surface area contributed by atoms with Crippen LogP contribution in [0.2, 0.25) is 0 Å². The van der Waals surface area contributed by atoms with Gasteiger partial charge in [-0.15, -0.1) is 0 Å². The zero-order valence-electron chi connectivity index (χ0n) is 11.6. The summed E-state index contributed by atoms with van der Waals surface area (Å²) in [5.74, 6) is -2.92. The van der Waals surface area contributed by atoms with Crippen molar-refractivity contribution in [2.24, 2.45) is 5.73 Å². The van der Waals surface area contributed by atoms with E-state index in [1.807, 2.05) is 0 Å². The summed E-state index contributed by atoms with van der Waals surface area (Å²) in [6.45, 7) is -0.399. The fourth-order valence-electron chi connectivity index (χ4n) is 2.04.